The lowest BCUT2D eigenvalue weighted by Gasteiger charge is -2.07. The molecule has 1 aromatic carbocycles. The molecule has 3 heteroatoms. The third-order valence-electron chi connectivity index (χ3n) is 1.92. The van der Waals surface area contributed by atoms with Crippen molar-refractivity contribution in [3.63, 3.8) is 0 Å². The Morgan fingerprint density at radius 2 is 1.93 bits per heavy atom. The van der Waals surface area contributed by atoms with Gasteiger partial charge >= 0.3 is 0 Å². The van der Waals surface area contributed by atoms with Gasteiger partial charge in [0.1, 0.15) is 0 Å². The van der Waals surface area contributed by atoms with Crippen molar-refractivity contribution in [2.75, 3.05) is 13.2 Å². The van der Waals surface area contributed by atoms with E-state index in [1.54, 1.807) is 0 Å². The molecule has 78 valence electrons. The van der Waals surface area contributed by atoms with Crippen molar-refractivity contribution in [3.8, 4) is 0 Å². The number of ether oxygens (including phenoxy) is 1. The lowest BCUT2D eigenvalue weighted by Crippen LogP contribution is -2.14. The first-order valence-electron chi connectivity index (χ1n) is 4.73. The fourth-order valence-electron chi connectivity index (χ4n) is 1.07. The summed E-state index contributed by atoms with van der Waals surface area (Å²) < 4.78 is 5.32. The number of aliphatic hydroxyl groups is 2. The minimum atomic E-state index is -0.661. The molecule has 0 amide bonds. The SMILES string of the molecule is OCC(O)CCOCc1ccccc1. The maximum atomic E-state index is 9.03. The third kappa shape index (κ3) is 4.37. The zero-order valence-corrected chi connectivity index (χ0v) is 8.10. The summed E-state index contributed by atoms with van der Waals surface area (Å²) in [4.78, 5) is 0. The highest BCUT2D eigenvalue weighted by Gasteiger charge is 2.00. The van der Waals surface area contributed by atoms with Crippen LogP contribution in [0.15, 0.2) is 30.3 Å². The van der Waals surface area contributed by atoms with Crippen molar-refractivity contribution in [2.45, 2.75) is 19.1 Å². The van der Waals surface area contributed by atoms with Gasteiger partial charge in [-0.2, -0.15) is 0 Å². The topological polar surface area (TPSA) is 49.7 Å². The molecule has 0 aliphatic rings. The van der Waals surface area contributed by atoms with E-state index in [2.05, 4.69) is 0 Å². The van der Waals surface area contributed by atoms with Crippen molar-refractivity contribution < 1.29 is 14.9 Å². The summed E-state index contributed by atoms with van der Waals surface area (Å²) in [6.07, 6.45) is -0.186. The van der Waals surface area contributed by atoms with Gasteiger partial charge in [0.15, 0.2) is 0 Å². The Kier molecular flexibility index (Phi) is 5.22. The van der Waals surface area contributed by atoms with Gasteiger partial charge in [-0.05, 0) is 12.0 Å². The molecule has 0 spiro atoms. The van der Waals surface area contributed by atoms with E-state index in [9.17, 15) is 0 Å². The first kappa shape index (κ1) is 11.2. The van der Waals surface area contributed by atoms with Gasteiger partial charge in [0.25, 0.3) is 0 Å². The zero-order chi connectivity index (χ0) is 10.2. The molecule has 14 heavy (non-hydrogen) atoms. The Hall–Kier alpha value is -0.900. The van der Waals surface area contributed by atoms with E-state index in [1.807, 2.05) is 30.3 Å². The zero-order valence-electron chi connectivity index (χ0n) is 8.10. The number of aliphatic hydroxyl groups excluding tert-OH is 2. The number of hydrogen-bond donors (Lipinski definition) is 2. The Labute approximate surface area is 84.0 Å². The Bertz CT molecular complexity index is 236. The minimum Gasteiger partial charge on any atom is -0.394 e. The number of benzene rings is 1. The summed E-state index contributed by atoms with van der Waals surface area (Å²) in [6.45, 7) is 0.824. The average molecular weight is 196 g/mol. The number of rotatable bonds is 6. The minimum absolute atomic E-state index is 0.200. The molecule has 2 N–H and O–H groups in total. The van der Waals surface area contributed by atoms with Crippen LogP contribution in [0.2, 0.25) is 0 Å². The maximum Gasteiger partial charge on any atom is 0.0792 e. The van der Waals surface area contributed by atoms with Crippen LogP contribution in [-0.2, 0) is 11.3 Å². The molecule has 0 radical (unpaired) electrons. The molecule has 0 fully saturated rings. The molecule has 3 nitrogen and oxygen atoms in total. The van der Waals surface area contributed by atoms with Gasteiger partial charge in [-0.25, -0.2) is 0 Å². The van der Waals surface area contributed by atoms with Crippen LogP contribution in [-0.4, -0.2) is 29.5 Å². The highest BCUT2D eigenvalue weighted by atomic mass is 16.5. The van der Waals surface area contributed by atoms with E-state index in [-0.39, 0.29) is 6.61 Å². The third-order valence-corrected chi connectivity index (χ3v) is 1.92. The summed E-state index contributed by atoms with van der Waals surface area (Å²) in [5.74, 6) is 0. The molecular formula is C11H16O3. The second-order valence-electron chi connectivity index (χ2n) is 3.16. The predicted molar refractivity (Wildman–Crippen MR) is 53.8 cm³/mol. The predicted octanol–water partition coefficient (Wildman–Crippen LogP) is 0.946. The van der Waals surface area contributed by atoms with Gasteiger partial charge < -0.3 is 14.9 Å². The summed E-state index contributed by atoms with van der Waals surface area (Å²) in [5.41, 5.74) is 1.12. The molecular weight excluding hydrogens is 180 g/mol. The van der Waals surface area contributed by atoms with Crippen LogP contribution in [0.4, 0.5) is 0 Å². The molecule has 1 aromatic rings. The summed E-state index contributed by atoms with van der Waals surface area (Å²) in [7, 11) is 0. The molecule has 1 atom stereocenters. The molecule has 0 bridgehead atoms. The van der Waals surface area contributed by atoms with Crippen molar-refractivity contribution in [2.24, 2.45) is 0 Å². The molecule has 0 aliphatic carbocycles. The van der Waals surface area contributed by atoms with Crippen LogP contribution in [0, 0.1) is 0 Å². The summed E-state index contributed by atoms with van der Waals surface area (Å²) >= 11 is 0. The van der Waals surface area contributed by atoms with Crippen LogP contribution in [0.1, 0.15) is 12.0 Å². The van der Waals surface area contributed by atoms with E-state index in [4.69, 9.17) is 14.9 Å². The van der Waals surface area contributed by atoms with Crippen molar-refractivity contribution in [1.29, 1.82) is 0 Å². The largest absolute Gasteiger partial charge is 0.394 e. The number of hydrogen-bond acceptors (Lipinski definition) is 3. The van der Waals surface area contributed by atoms with E-state index in [0.29, 0.717) is 19.6 Å². The van der Waals surface area contributed by atoms with E-state index in [0.717, 1.165) is 5.56 Å². The molecule has 1 rings (SSSR count). The van der Waals surface area contributed by atoms with E-state index < -0.39 is 6.10 Å². The van der Waals surface area contributed by atoms with Crippen molar-refractivity contribution in [1.82, 2.24) is 0 Å². The Balaban J connectivity index is 2.10. The highest BCUT2D eigenvalue weighted by molar-refractivity contribution is 5.13. The quantitative estimate of drug-likeness (QED) is 0.666. The van der Waals surface area contributed by atoms with Crippen LogP contribution < -0.4 is 0 Å². The van der Waals surface area contributed by atoms with Gasteiger partial charge in [0, 0.05) is 6.61 Å². The normalized spacial score (nSPS) is 12.7. The van der Waals surface area contributed by atoms with Crippen LogP contribution >= 0.6 is 0 Å². The highest BCUT2D eigenvalue weighted by Crippen LogP contribution is 2.01. The molecule has 0 saturated carbocycles. The molecule has 1 unspecified atom stereocenters. The summed E-state index contributed by atoms with van der Waals surface area (Å²) in [6, 6.07) is 9.85. The van der Waals surface area contributed by atoms with Gasteiger partial charge in [0.05, 0.1) is 19.3 Å². The lowest BCUT2D eigenvalue weighted by molar-refractivity contribution is 0.0436. The molecule has 0 aromatic heterocycles. The van der Waals surface area contributed by atoms with Crippen LogP contribution in [0.5, 0.6) is 0 Å². The van der Waals surface area contributed by atoms with Gasteiger partial charge in [-0.1, -0.05) is 30.3 Å². The fraction of sp³-hybridized carbons (Fsp3) is 0.455. The van der Waals surface area contributed by atoms with Crippen molar-refractivity contribution >= 4 is 0 Å². The van der Waals surface area contributed by atoms with Crippen LogP contribution in [0.25, 0.3) is 0 Å². The first-order valence-corrected chi connectivity index (χ1v) is 4.73. The second-order valence-corrected chi connectivity index (χ2v) is 3.16. The maximum absolute atomic E-state index is 9.03. The van der Waals surface area contributed by atoms with Gasteiger partial charge in [-0.15, -0.1) is 0 Å². The van der Waals surface area contributed by atoms with E-state index in [1.165, 1.54) is 0 Å². The van der Waals surface area contributed by atoms with Crippen molar-refractivity contribution in [3.05, 3.63) is 35.9 Å². The molecule has 0 heterocycles. The van der Waals surface area contributed by atoms with Crippen LogP contribution in [0.3, 0.4) is 0 Å². The van der Waals surface area contributed by atoms with Gasteiger partial charge in [-0.3, -0.25) is 0 Å². The smallest absolute Gasteiger partial charge is 0.0792 e. The Morgan fingerprint density at radius 3 is 2.57 bits per heavy atom. The van der Waals surface area contributed by atoms with Gasteiger partial charge in [0.2, 0.25) is 0 Å². The fourth-order valence-corrected chi connectivity index (χ4v) is 1.07. The summed E-state index contributed by atoms with van der Waals surface area (Å²) in [5, 5.41) is 17.6. The Morgan fingerprint density at radius 1 is 1.21 bits per heavy atom. The molecule has 0 aliphatic heterocycles. The monoisotopic (exact) mass is 196 g/mol. The second kappa shape index (κ2) is 6.54. The first-order chi connectivity index (χ1) is 6.83. The average Bonchev–Trinajstić information content (AvgIpc) is 2.25. The van der Waals surface area contributed by atoms with E-state index >= 15 is 0 Å². The lowest BCUT2D eigenvalue weighted by atomic mass is 10.2. The molecule has 0 saturated heterocycles. The standard InChI is InChI=1S/C11H16O3/c12-8-11(13)6-7-14-9-10-4-2-1-3-5-10/h1-5,11-13H,6-9H2.